The molecule has 94 valence electrons. The van der Waals surface area contributed by atoms with Crippen molar-refractivity contribution < 1.29 is 19.1 Å². The van der Waals surface area contributed by atoms with Gasteiger partial charge in [0.1, 0.15) is 5.76 Å². The van der Waals surface area contributed by atoms with Crippen molar-refractivity contribution in [2.45, 2.75) is 20.1 Å². The molecule has 0 unspecified atom stereocenters. The SMILES string of the molecule is Cc1oc(C(=O)O)cc1COCc1ccncc1. The van der Waals surface area contributed by atoms with Crippen LogP contribution in [0.5, 0.6) is 0 Å². The van der Waals surface area contributed by atoms with Gasteiger partial charge in [-0.3, -0.25) is 4.98 Å². The van der Waals surface area contributed by atoms with E-state index in [1.54, 1.807) is 19.3 Å². The van der Waals surface area contributed by atoms with E-state index in [4.69, 9.17) is 14.3 Å². The molecule has 0 aromatic carbocycles. The van der Waals surface area contributed by atoms with Crippen molar-refractivity contribution in [2.24, 2.45) is 0 Å². The Bertz CT molecular complexity index is 533. The van der Waals surface area contributed by atoms with Gasteiger partial charge in [-0.1, -0.05) is 0 Å². The van der Waals surface area contributed by atoms with Crippen LogP contribution >= 0.6 is 0 Å². The Morgan fingerprint density at radius 2 is 2.11 bits per heavy atom. The third-order valence-corrected chi connectivity index (χ3v) is 2.51. The van der Waals surface area contributed by atoms with Gasteiger partial charge in [0.25, 0.3) is 0 Å². The summed E-state index contributed by atoms with van der Waals surface area (Å²) in [5, 5.41) is 8.78. The molecule has 0 spiro atoms. The number of aromatic nitrogens is 1. The first-order valence-electron chi connectivity index (χ1n) is 5.46. The Kier molecular flexibility index (Phi) is 3.74. The van der Waals surface area contributed by atoms with Crippen LogP contribution in [-0.2, 0) is 18.0 Å². The Hall–Kier alpha value is -2.14. The number of aromatic carboxylic acids is 1. The largest absolute Gasteiger partial charge is 0.475 e. The third-order valence-electron chi connectivity index (χ3n) is 2.51. The molecule has 5 heteroatoms. The summed E-state index contributed by atoms with van der Waals surface area (Å²) in [6.45, 7) is 2.50. The highest BCUT2D eigenvalue weighted by molar-refractivity contribution is 5.84. The number of carbonyl (C=O) groups is 1. The molecule has 0 saturated carbocycles. The second-order valence-corrected chi connectivity index (χ2v) is 3.85. The summed E-state index contributed by atoms with van der Waals surface area (Å²) >= 11 is 0. The van der Waals surface area contributed by atoms with Crippen LogP contribution in [-0.4, -0.2) is 16.1 Å². The van der Waals surface area contributed by atoms with Gasteiger partial charge < -0.3 is 14.3 Å². The zero-order valence-electron chi connectivity index (χ0n) is 9.92. The number of carboxylic acid groups (broad SMARTS) is 1. The average Bonchev–Trinajstić information content (AvgIpc) is 2.73. The molecule has 0 amide bonds. The molecular formula is C13H13NO4. The molecule has 0 fully saturated rings. The van der Waals surface area contributed by atoms with Crippen LogP contribution in [0.2, 0.25) is 0 Å². The van der Waals surface area contributed by atoms with E-state index in [2.05, 4.69) is 4.98 Å². The quantitative estimate of drug-likeness (QED) is 0.878. The van der Waals surface area contributed by atoms with Crippen LogP contribution in [0.25, 0.3) is 0 Å². The van der Waals surface area contributed by atoms with E-state index in [0.717, 1.165) is 11.1 Å². The fraction of sp³-hybridized carbons (Fsp3) is 0.231. The monoisotopic (exact) mass is 247 g/mol. The Morgan fingerprint density at radius 3 is 2.72 bits per heavy atom. The molecular weight excluding hydrogens is 234 g/mol. The maximum atomic E-state index is 10.7. The molecule has 18 heavy (non-hydrogen) atoms. The van der Waals surface area contributed by atoms with Gasteiger partial charge in [0, 0.05) is 18.0 Å². The van der Waals surface area contributed by atoms with Crippen molar-refractivity contribution in [1.29, 1.82) is 0 Å². The van der Waals surface area contributed by atoms with E-state index in [1.807, 2.05) is 12.1 Å². The Morgan fingerprint density at radius 1 is 1.39 bits per heavy atom. The lowest BCUT2D eigenvalue weighted by Gasteiger charge is -2.02. The lowest BCUT2D eigenvalue weighted by molar-refractivity contribution is 0.0661. The standard InChI is InChI=1S/C13H13NO4/c1-9-11(6-12(18-9)13(15)16)8-17-7-10-2-4-14-5-3-10/h2-6H,7-8H2,1H3,(H,15,16). The zero-order valence-corrected chi connectivity index (χ0v) is 9.92. The summed E-state index contributed by atoms with van der Waals surface area (Å²) in [5.41, 5.74) is 1.77. The summed E-state index contributed by atoms with van der Waals surface area (Å²) in [7, 11) is 0. The van der Waals surface area contributed by atoms with Gasteiger partial charge in [0.05, 0.1) is 13.2 Å². The fourth-order valence-electron chi connectivity index (χ4n) is 1.53. The van der Waals surface area contributed by atoms with Crippen molar-refractivity contribution in [2.75, 3.05) is 0 Å². The van der Waals surface area contributed by atoms with Gasteiger partial charge in [0.15, 0.2) is 0 Å². The molecule has 0 bridgehead atoms. The second-order valence-electron chi connectivity index (χ2n) is 3.85. The molecule has 0 saturated heterocycles. The molecule has 0 aliphatic carbocycles. The molecule has 0 radical (unpaired) electrons. The number of carboxylic acids is 1. The topological polar surface area (TPSA) is 72.6 Å². The highest BCUT2D eigenvalue weighted by Gasteiger charge is 2.12. The molecule has 1 N–H and O–H groups in total. The van der Waals surface area contributed by atoms with Crippen molar-refractivity contribution in [1.82, 2.24) is 4.98 Å². The van der Waals surface area contributed by atoms with Crippen molar-refractivity contribution in [3.63, 3.8) is 0 Å². The van der Waals surface area contributed by atoms with E-state index in [-0.39, 0.29) is 5.76 Å². The van der Waals surface area contributed by atoms with E-state index in [9.17, 15) is 4.79 Å². The summed E-state index contributed by atoms with van der Waals surface area (Å²) < 4.78 is 10.6. The maximum absolute atomic E-state index is 10.7. The summed E-state index contributed by atoms with van der Waals surface area (Å²) in [5.74, 6) is -0.560. The molecule has 5 nitrogen and oxygen atoms in total. The second kappa shape index (κ2) is 5.46. The normalized spacial score (nSPS) is 10.5. The number of furan rings is 1. The number of hydrogen-bond acceptors (Lipinski definition) is 4. The predicted octanol–water partition coefficient (Wildman–Crippen LogP) is 2.40. The van der Waals surface area contributed by atoms with Crippen LogP contribution < -0.4 is 0 Å². The highest BCUT2D eigenvalue weighted by atomic mass is 16.5. The first-order chi connectivity index (χ1) is 8.66. The van der Waals surface area contributed by atoms with E-state index >= 15 is 0 Å². The van der Waals surface area contributed by atoms with Gasteiger partial charge in [-0.2, -0.15) is 0 Å². The van der Waals surface area contributed by atoms with Gasteiger partial charge in [0.2, 0.25) is 5.76 Å². The lowest BCUT2D eigenvalue weighted by atomic mass is 10.2. The number of aryl methyl sites for hydroxylation is 1. The fourth-order valence-corrected chi connectivity index (χ4v) is 1.53. The minimum Gasteiger partial charge on any atom is -0.475 e. The van der Waals surface area contributed by atoms with Crippen molar-refractivity contribution in [3.05, 3.63) is 53.2 Å². The van der Waals surface area contributed by atoms with Crippen molar-refractivity contribution >= 4 is 5.97 Å². The van der Waals surface area contributed by atoms with Crippen LogP contribution in [0, 0.1) is 6.92 Å². The Labute approximate surface area is 104 Å². The molecule has 0 atom stereocenters. The van der Waals surface area contributed by atoms with Crippen molar-refractivity contribution in [3.8, 4) is 0 Å². The number of hydrogen-bond donors (Lipinski definition) is 1. The molecule has 2 aromatic heterocycles. The van der Waals surface area contributed by atoms with Crippen LogP contribution in [0.15, 0.2) is 35.0 Å². The van der Waals surface area contributed by atoms with Crippen LogP contribution in [0.1, 0.15) is 27.4 Å². The molecule has 2 aromatic rings. The van der Waals surface area contributed by atoms with E-state index in [0.29, 0.717) is 19.0 Å². The van der Waals surface area contributed by atoms with Gasteiger partial charge >= 0.3 is 5.97 Å². The number of nitrogens with zero attached hydrogens (tertiary/aromatic N) is 1. The average molecular weight is 247 g/mol. The molecule has 2 rings (SSSR count). The van der Waals surface area contributed by atoms with Gasteiger partial charge in [-0.25, -0.2) is 4.79 Å². The first-order valence-corrected chi connectivity index (χ1v) is 5.46. The number of pyridine rings is 1. The number of rotatable bonds is 5. The van der Waals surface area contributed by atoms with Gasteiger partial charge in [-0.15, -0.1) is 0 Å². The molecule has 0 aliphatic heterocycles. The maximum Gasteiger partial charge on any atom is 0.371 e. The van der Waals surface area contributed by atoms with E-state index < -0.39 is 5.97 Å². The van der Waals surface area contributed by atoms with Gasteiger partial charge in [-0.05, 0) is 30.7 Å². The van der Waals surface area contributed by atoms with Crippen LogP contribution in [0.4, 0.5) is 0 Å². The summed E-state index contributed by atoms with van der Waals surface area (Å²) in [6.07, 6.45) is 3.40. The van der Waals surface area contributed by atoms with E-state index in [1.165, 1.54) is 6.07 Å². The first kappa shape index (κ1) is 12.3. The molecule has 0 aliphatic rings. The number of ether oxygens (including phenoxy) is 1. The molecule has 2 heterocycles. The minimum atomic E-state index is -1.07. The summed E-state index contributed by atoms with van der Waals surface area (Å²) in [4.78, 5) is 14.6. The predicted molar refractivity (Wildman–Crippen MR) is 63.1 cm³/mol. The third kappa shape index (κ3) is 2.95. The smallest absolute Gasteiger partial charge is 0.371 e. The minimum absolute atomic E-state index is 0.0602. The highest BCUT2D eigenvalue weighted by Crippen LogP contribution is 2.16. The lowest BCUT2D eigenvalue weighted by Crippen LogP contribution is -1.95. The Balaban J connectivity index is 1.92. The van der Waals surface area contributed by atoms with Crippen LogP contribution in [0.3, 0.4) is 0 Å². The zero-order chi connectivity index (χ0) is 13.0. The summed E-state index contributed by atoms with van der Waals surface area (Å²) in [6, 6.07) is 5.22.